The number of aliphatic hydroxyl groups is 1. The number of ether oxygens (including phenoxy) is 2. The lowest BCUT2D eigenvalue weighted by Crippen LogP contribution is -2.37. The van der Waals surface area contributed by atoms with E-state index in [0.717, 1.165) is 0 Å². The van der Waals surface area contributed by atoms with Crippen LogP contribution >= 0.6 is 0 Å². The first-order chi connectivity index (χ1) is 10.2. The quantitative estimate of drug-likeness (QED) is 0.747. The van der Waals surface area contributed by atoms with Gasteiger partial charge < -0.3 is 25.6 Å². The molecule has 124 valence electrons. The van der Waals surface area contributed by atoms with E-state index < -0.39 is 23.8 Å². The highest BCUT2D eigenvalue weighted by Gasteiger charge is 2.21. The van der Waals surface area contributed by atoms with Gasteiger partial charge in [-0.2, -0.15) is 0 Å². The molecule has 0 aliphatic carbocycles. The summed E-state index contributed by atoms with van der Waals surface area (Å²) in [5.74, 6) is 0.588. The number of hydrogen-bond acceptors (Lipinski definition) is 5. The molecule has 1 aromatic rings. The molecule has 0 spiro atoms. The Labute approximate surface area is 131 Å². The third-order valence-electron chi connectivity index (χ3n) is 3.01. The molecule has 2 atom stereocenters. The van der Waals surface area contributed by atoms with Gasteiger partial charge in [-0.05, 0) is 33.3 Å². The van der Waals surface area contributed by atoms with Crippen molar-refractivity contribution in [3.63, 3.8) is 0 Å². The molecule has 0 bridgehead atoms. The molecule has 6 heteroatoms. The number of amides is 1. The summed E-state index contributed by atoms with van der Waals surface area (Å²) in [6.07, 6.45) is -0.943. The lowest BCUT2D eigenvalue weighted by molar-refractivity contribution is 0.0521. The normalized spacial score (nSPS) is 14.1. The Kier molecular flexibility index (Phi) is 6.64. The molecule has 4 N–H and O–H groups in total. The van der Waals surface area contributed by atoms with Crippen molar-refractivity contribution in [3.8, 4) is 5.75 Å². The Balaban J connectivity index is 2.48. The molecule has 1 aromatic carbocycles. The molecule has 0 fully saturated rings. The fourth-order valence-electron chi connectivity index (χ4n) is 1.95. The van der Waals surface area contributed by atoms with Crippen LogP contribution < -0.4 is 15.8 Å². The monoisotopic (exact) mass is 310 g/mol. The van der Waals surface area contributed by atoms with E-state index in [0.29, 0.717) is 24.3 Å². The van der Waals surface area contributed by atoms with Crippen molar-refractivity contribution in [2.75, 3.05) is 13.7 Å². The molecule has 2 unspecified atom stereocenters. The molecule has 0 saturated carbocycles. The van der Waals surface area contributed by atoms with E-state index in [4.69, 9.17) is 15.2 Å². The van der Waals surface area contributed by atoms with Gasteiger partial charge in [-0.3, -0.25) is 0 Å². The summed E-state index contributed by atoms with van der Waals surface area (Å²) in [5.41, 5.74) is 6.08. The molecular formula is C16H26N2O4. The second-order valence-corrected chi connectivity index (χ2v) is 6.07. The van der Waals surface area contributed by atoms with Crippen LogP contribution in [-0.4, -0.2) is 36.5 Å². The van der Waals surface area contributed by atoms with Gasteiger partial charge in [-0.25, -0.2) is 4.79 Å². The van der Waals surface area contributed by atoms with Gasteiger partial charge in [0.25, 0.3) is 0 Å². The van der Waals surface area contributed by atoms with Crippen LogP contribution in [0.4, 0.5) is 4.79 Å². The van der Waals surface area contributed by atoms with E-state index in [1.807, 2.05) is 12.1 Å². The molecule has 0 aromatic heterocycles. The predicted molar refractivity (Wildman–Crippen MR) is 84.8 cm³/mol. The standard InChI is InChI=1S/C16H26N2O4/c1-16(2,3)22-15(20)18-10-9-12(17)14(19)11-7-5-6-8-13(11)21-4/h5-8,12,14,19H,9-10,17H2,1-4H3,(H,18,20). The Morgan fingerprint density at radius 2 is 2.00 bits per heavy atom. The first kappa shape index (κ1) is 18.3. The van der Waals surface area contributed by atoms with E-state index >= 15 is 0 Å². The minimum atomic E-state index is -0.864. The second-order valence-electron chi connectivity index (χ2n) is 6.07. The van der Waals surface area contributed by atoms with Gasteiger partial charge in [-0.15, -0.1) is 0 Å². The SMILES string of the molecule is COc1ccccc1C(O)C(N)CCNC(=O)OC(C)(C)C. The van der Waals surface area contributed by atoms with Crippen LogP contribution in [0.1, 0.15) is 38.9 Å². The van der Waals surface area contributed by atoms with Crippen molar-refractivity contribution < 1.29 is 19.4 Å². The summed E-state index contributed by atoms with van der Waals surface area (Å²) < 4.78 is 10.3. The first-order valence-corrected chi connectivity index (χ1v) is 7.28. The van der Waals surface area contributed by atoms with E-state index in [9.17, 15) is 9.90 Å². The molecule has 22 heavy (non-hydrogen) atoms. The molecular weight excluding hydrogens is 284 g/mol. The van der Waals surface area contributed by atoms with Gasteiger partial charge in [-0.1, -0.05) is 18.2 Å². The number of aliphatic hydroxyl groups excluding tert-OH is 1. The second kappa shape index (κ2) is 8.00. The maximum atomic E-state index is 11.5. The molecule has 0 radical (unpaired) electrons. The molecule has 0 aliphatic rings. The van der Waals surface area contributed by atoms with Crippen molar-refractivity contribution in [2.45, 2.75) is 44.9 Å². The van der Waals surface area contributed by atoms with Gasteiger partial charge >= 0.3 is 6.09 Å². The fraction of sp³-hybridized carbons (Fsp3) is 0.562. The summed E-state index contributed by atoms with van der Waals surface area (Å²) in [6, 6.07) is 6.65. The number of para-hydroxylation sites is 1. The molecule has 1 amide bonds. The van der Waals surface area contributed by atoms with Crippen LogP contribution in [0.5, 0.6) is 5.75 Å². The highest BCUT2D eigenvalue weighted by atomic mass is 16.6. The van der Waals surface area contributed by atoms with Crippen molar-refractivity contribution in [1.82, 2.24) is 5.32 Å². The topological polar surface area (TPSA) is 93.8 Å². The zero-order valence-corrected chi connectivity index (χ0v) is 13.6. The third kappa shape index (κ3) is 5.91. The molecule has 0 aliphatic heterocycles. The van der Waals surface area contributed by atoms with Crippen LogP contribution in [0, 0.1) is 0 Å². The average molecular weight is 310 g/mol. The molecule has 6 nitrogen and oxygen atoms in total. The number of methoxy groups -OCH3 is 1. The number of nitrogens with two attached hydrogens (primary N) is 1. The van der Waals surface area contributed by atoms with E-state index in [1.54, 1.807) is 40.0 Å². The lowest BCUT2D eigenvalue weighted by atomic mass is 9.99. The number of nitrogens with one attached hydrogen (secondary N) is 1. The highest BCUT2D eigenvalue weighted by molar-refractivity contribution is 5.67. The Bertz CT molecular complexity index is 485. The summed E-state index contributed by atoms with van der Waals surface area (Å²) in [6.45, 7) is 5.71. The van der Waals surface area contributed by atoms with Crippen molar-refractivity contribution in [2.24, 2.45) is 5.73 Å². The van der Waals surface area contributed by atoms with Crippen molar-refractivity contribution >= 4 is 6.09 Å². The number of carbonyl (C=O) groups is 1. The predicted octanol–water partition coefficient (Wildman–Crippen LogP) is 1.97. The molecule has 0 saturated heterocycles. The lowest BCUT2D eigenvalue weighted by Gasteiger charge is -2.22. The van der Waals surface area contributed by atoms with Crippen LogP contribution in [0.2, 0.25) is 0 Å². The first-order valence-electron chi connectivity index (χ1n) is 7.28. The number of carbonyl (C=O) groups excluding carboxylic acids is 1. The fourth-order valence-corrected chi connectivity index (χ4v) is 1.95. The highest BCUT2D eigenvalue weighted by Crippen LogP contribution is 2.27. The summed E-state index contributed by atoms with van der Waals surface area (Å²) >= 11 is 0. The summed E-state index contributed by atoms with van der Waals surface area (Å²) in [4.78, 5) is 11.5. The number of hydrogen-bond donors (Lipinski definition) is 3. The minimum Gasteiger partial charge on any atom is -0.496 e. The van der Waals surface area contributed by atoms with Crippen LogP contribution in [0.25, 0.3) is 0 Å². The smallest absolute Gasteiger partial charge is 0.407 e. The van der Waals surface area contributed by atoms with Gasteiger partial charge in [0.05, 0.1) is 13.2 Å². The van der Waals surface area contributed by atoms with E-state index in [-0.39, 0.29) is 0 Å². The number of alkyl carbamates (subject to hydrolysis) is 1. The number of rotatable bonds is 6. The molecule has 0 heterocycles. The Hall–Kier alpha value is -1.79. The largest absolute Gasteiger partial charge is 0.496 e. The summed E-state index contributed by atoms with van der Waals surface area (Å²) in [7, 11) is 1.54. The van der Waals surface area contributed by atoms with E-state index in [2.05, 4.69) is 5.32 Å². The van der Waals surface area contributed by atoms with Crippen LogP contribution in [-0.2, 0) is 4.74 Å². The minimum absolute atomic E-state index is 0.322. The zero-order chi connectivity index (χ0) is 16.8. The van der Waals surface area contributed by atoms with Crippen LogP contribution in [0.15, 0.2) is 24.3 Å². The van der Waals surface area contributed by atoms with Crippen LogP contribution in [0.3, 0.4) is 0 Å². The maximum Gasteiger partial charge on any atom is 0.407 e. The van der Waals surface area contributed by atoms with Gasteiger partial charge in [0.2, 0.25) is 0 Å². The van der Waals surface area contributed by atoms with Crippen molar-refractivity contribution in [1.29, 1.82) is 0 Å². The third-order valence-corrected chi connectivity index (χ3v) is 3.01. The maximum absolute atomic E-state index is 11.5. The zero-order valence-electron chi connectivity index (χ0n) is 13.6. The Morgan fingerprint density at radius 1 is 1.36 bits per heavy atom. The van der Waals surface area contributed by atoms with Gasteiger partial charge in [0.15, 0.2) is 0 Å². The van der Waals surface area contributed by atoms with Crippen molar-refractivity contribution in [3.05, 3.63) is 29.8 Å². The Morgan fingerprint density at radius 3 is 2.59 bits per heavy atom. The van der Waals surface area contributed by atoms with Gasteiger partial charge in [0, 0.05) is 18.2 Å². The average Bonchev–Trinajstić information content (AvgIpc) is 2.44. The number of benzene rings is 1. The van der Waals surface area contributed by atoms with Gasteiger partial charge in [0.1, 0.15) is 11.4 Å². The summed E-state index contributed by atoms with van der Waals surface area (Å²) in [5, 5.41) is 12.9. The molecule has 1 rings (SSSR count). The van der Waals surface area contributed by atoms with E-state index in [1.165, 1.54) is 0 Å².